The molecule has 1 N–H and O–H groups in total. The standard InChI is InChI=1S/C18H19NOS/c1-18(2,3)11-12-8-9-15(20)13(10-12)17-19-14-6-4-5-7-16(14)21-17/h4-10,20H,11H2,1-3H3. The second-order valence-corrected chi connectivity index (χ2v) is 7.61. The number of hydrogen-bond donors (Lipinski definition) is 1. The van der Waals surface area contributed by atoms with E-state index < -0.39 is 0 Å². The topological polar surface area (TPSA) is 33.1 Å². The van der Waals surface area contributed by atoms with Gasteiger partial charge in [0, 0.05) is 0 Å². The van der Waals surface area contributed by atoms with Gasteiger partial charge in [0.15, 0.2) is 0 Å². The third-order valence-corrected chi connectivity index (χ3v) is 4.39. The predicted octanol–water partition coefficient (Wildman–Crippen LogP) is 5.26. The first-order valence-electron chi connectivity index (χ1n) is 7.10. The maximum atomic E-state index is 10.2. The van der Waals surface area contributed by atoms with Crippen LogP contribution in [0.5, 0.6) is 5.75 Å². The first-order chi connectivity index (χ1) is 9.92. The maximum Gasteiger partial charge on any atom is 0.128 e. The molecule has 1 aromatic heterocycles. The summed E-state index contributed by atoms with van der Waals surface area (Å²) >= 11 is 1.62. The summed E-state index contributed by atoms with van der Waals surface area (Å²) in [5.41, 5.74) is 3.27. The number of phenolic OH excluding ortho intramolecular Hbond substituents is 1. The van der Waals surface area contributed by atoms with Crippen LogP contribution in [0.3, 0.4) is 0 Å². The van der Waals surface area contributed by atoms with E-state index in [9.17, 15) is 5.11 Å². The number of nitrogens with zero attached hydrogens (tertiary/aromatic N) is 1. The molecule has 0 fully saturated rings. The molecule has 2 nitrogen and oxygen atoms in total. The Labute approximate surface area is 129 Å². The highest BCUT2D eigenvalue weighted by Crippen LogP contribution is 2.36. The van der Waals surface area contributed by atoms with Gasteiger partial charge in [0.05, 0.1) is 15.8 Å². The minimum absolute atomic E-state index is 0.224. The van der Waals surface area contributed by atoms with Crippen LogP contribution in [0.15, 0.2) is 42.5 Å². The second-order valence-electron chi connectivity index (χ2n) is 6.58. The van der Waals surface area contributed by atoms with Crippen molar-refractivity contribution in [2.75, 3.05) is 0 Å². The summed E-state index contributed by atoms with van der Waals surface area (Å²) < 4.78 is 1.15. The molecule has 0 atom stereocenters. The molecule has 3 aromatic rings. The lowest BCUT2D eigenvalue weighted by molar-refractivity contribution is 0.410. The van der Waals surface area contributed by atoms with Crippen LogP contribution in [-0.2, 0) is 6.42 Å². The molecule has 0 aliphatic heterocycles. The average molecular weight is 297 g/mol. The highest BCUT2D eigenvalue weighted by Gasteiger charge is 2.15. The Hall–Kier alpha value is -1.87. The molecule has 0 unspecified atom stereocenters. The maximum absolute atomic E-state index is 10.2. The molecule has 0 amide bonds. The molecule has 21 heavy (non-hydrogen) atoms. The number of fused-ring (bicyclic) bond motifs is 1. The molecule has 0 radical (unpaired) electrons. The summed E-state index contributed by atoms with van der Waals surface area (Å²) in [7, 11) is 0. The fourth-order valence-corrected chi connectivity index (χ4v) is 3.45. The van der Waals surface area contributed by atoms with Crippen LogP contribution in [0.4, 0.5) is 0 Å². The predicted molar refractivity (Wildman–Crippen MR) is 89.9 cm³/mol. The van der Waals surface area contributed by atoms with E-state index in [-0.39, 0.29) is 5.41 Å². The van der Waals surface area contributed by atoms with Gasteiger partial charge in [-0.05, 0) is 41.7 Å². The van der Waals surface area contributed by atoms with Crippen LogP contribution in [0, 0.1) is 5.41 Å². The van der Waals surface area contributed by atoms with Crippen LogP contribution in [0.1, 0.15) is 26.3 Å². The van der Waals surface area contributed by atoms with Gasteiger partial charge in [0.2, 0.25) is 0 Å². The van der Waals surface area contributed by atoms with Crippen molar-refractivity contribution in [3.05, 3.63) is 48.0 Å². The lowest BCUT2D eigenvalue weighted by atomic mass is 9.87. The van der Waals surface area contributed by atoms with Crippen LogP contribution < -0.4 is 0 Å². The summed E-state index contributed by atoms with van der Waals surface area (Å²) in [6.45, 7) is 6.66. The van der Waals surface area contributed by atoms with Crippen LogP contribution in [-0.4, -0.2) is 10.1 Å². The largest absolute Gasteiger partial charge is 0.507 e. The van der Waals surface area contributed by atoms with Gasteiger partial charge in [-0.25, -0.2) is 4.98 Å². The molecule has 0 bridgehead atoms. The van der Waals surface area contributed by atoms with Crippen molar-refractivity contribution in [2.45, 2.75) is 27.2 Å². The molecule has 2 aromatic carbocycles. The molecule has 108 valence electrons. The van der Waals surface area contributed by atoms with Crippen molar-refractivity contribution in [1.29, 1.82) is 0 Å². The van der Waals surface area contributed by atoms with E-state index in [2.05, 4.69) is 37.9 Å². The number of hydrogen-bond acceptors (Lipinski definition) is 3. The number of phenols is 1. The fourth-order valence-electron chi connectivity index (χ4n) is 2.46. The zero-order chi connectivity index (χ0) is 15.0. The molecule has 0 spiro atoms. The number of benzene rings is 2. The number of para-hydroxylation sites is 1. The molecule has 3 rings (SSSR count). The Morgan fingerprint density at radius 2 is 1.86 bits per heavy atom. The van der Waals surface area contributed by atoms with Crippen molar-refractivity contribution >= 4 is 21.6 Å². The molecule has 0 aliphatic rings. The first kappa shape index (κ1) is 14.1. The molecular formula is C18H19NOS. The lowest BCUT2D eigenvalue weighted by Crippen LogP contribution is -2.09. The van der Waals surface area contributed by atoms with E-state index in [4.69, 9.17) is 0 Å². The number of aromatic hydroxyl groups is 1. The van der Waals surface area contributed by atoms with E-state index in [1.54, 1.807) is 17.4 Å². The van der Waals surface area contributed by atoms with E-state index in [1.807, 2.05) is 24.3 Å². The van der Waals surface area contributed by atoms with Crippen molar-refractivity contribution in [3.8, 4) is 16.3 Å². The Morgan fingerprint density at radius 3 is 2.57 bits per heavy atom. The van der Waals surface area contributed by atoms with Gasteiger partial charge in [0.1, 0.15) is 10.8 Å². The fraction of sp³-hybridized carbons (Fsp3) is 0.278. The Bertz CT molecular complexity index is 750. The summed E-state index contributed by atoms with van der Waals surface area (Å²) in [6.07, 6.45) is 0.977. The molecule has 0 aliphatic carbocycles. The quantitative estimate of drug-likeness (QED) is 0.700. The zero-order valence-electron chi connectivity index (χ0n) is 12.6. The van der Waals surface area contributed by atoms with E-state index in [0.29, 0.717) is 5.75 Å². The van der Waals surface area contributed by atoms with E-state index >= 15 is 0 Å². The number of aromatic nitrogens is 1. The number of thiazole rings is 1. The van der Waals surface area contributed by atoms with Crippen molar-refractivity contribution in [1.82, 2.24) is 4.98 Å². The average Bonchev–Trinajstić information content (AvgIpc) is 2.83. The Balaban J connectivity index is 2.06. The van der Waals surface area contributed by atoms with Gasteiger partial charge in [-0.15, -0.1) is 11.3 Å². The molecular weight excluding hydrogens is 278 g/mol. The Kier molecular flexibility index (Phi) is 3.46. The van der Waals surface area contributed by atoms with Crippen molar-refractivity contribution < 1.29 is 5.11 Å². The second kappa shape index (κ2) is 5.15. The molecule has 0 saturated carbocycles. The monoisotopic (exact) mass is 297 g/mol. The van der Waals surface area contributed by atoms with Gasteiger partial charge in [0.25, 0.3) is 0 Å². The third kappa shape index (κ3) is 3.08. The van der Waals surface area contributed by atoms with Crippen LogP contribution in [0.25, 0.3) is 20.8 Å². The highest BCUT2D eigenvalue weighted by molar-refractivity contribution is 7.21. The summed E-state index contributed by atoms with van der Waals surface area (Å²) in [5, 5.41) is 11.1. The third-order valence-electron chi connectivity index (χ3n) is 3.32. The molecule has 3 heteroatoms. The first-order valence-corrected chi connectivity index (χ1v) is 7.92. The van der Waals surface area contributed by atoms with Gasteiger partial charge in [-0.1, -0.05) is 39.0 Å². The Morgan fingerprint density at radius 1 is 1.10 bits per heavy atom. The number of rotatable bonds is 2. The van der Waals surface area contributed by atoms with Gasteiger partial charge >= 0.3 is 0 Å². The van der Waals surface area contributed by atoms with Crippen LogP contribution >= 0.6 is 11.3 Å². The van der Waals surface area contributed by atoms with Gasteiger partial charge in [-0.3, -0.25) is 0 Å². The van der Waals surface area contributed by atoms with E-state index in [0.717, 1.165) is 27.2 Å². The van der Waals surface area contributed by atoms with Gasteiger partial charge in [-0.2, -0.15) is 0 Å². The smallest absolute Gasteiger partial charge is 0.128 e. The minimum Gasteiger partial charge on any atom is -0.507 e. The zero-order valence-corrected chi connectivity index (χ0v) is 13.4. The van der Waals surface area contributed by atoms with Crippen molar-refractivity contribution in [3.63, 3.8) is 0 Å². The van der Waals surface area contributed by atoms with E-state index in [1.165, 1.54) is 5.56 Å². The summed E-state index contributed by atoms with van der Waals surface area (Å²) in [5.74, 6) is 0.298. The summed E-state index contributed by atoms with van der Waals surface area (Å²) in [4.78, 5) is 4.64. The van der Waals surface area contributed by atoms with Gasteiger partial charge < -0.3 is 5.11 Å². The highest BCUT2D eigenvalue weighted by atomic mass is 32.1. The minimum atomic E-state index is 0.224. The van der Waals surface area contributed by atoms with Crippen LogP contribution in [0.2, 0.25) is 0 Å². The molecule has 1 heterocycles. The summed E-state index contributed by atoms with van der Waals surface area (Å²) in [6, 6.07) is 13.9. The normalized spacial score (nSPS) is 12.0. The molecule has 0 saturated heterocycles. The van der Waals surface area contributed by atoms with Crippen molar-refractivity contribution in [2.24, 2.45) is 5.41 Å². The SMILES string of the molecule is CC(C)(C)Cc1ccc(O)c(-c2nc3ccccc3s2)c1. The lowest BCUT2D eigenvalue weighted by Gasteiger charge is -2.18.